The normalized spacial score (nSPS) is 14.2. The highest BCUT2D eigenvalue weighted by Gasteiger charge is 2.22. The number of likely N-dealkylation sites (tertiary alicyclic amines) is 1. The molecule has 1 amide bonds. The van der Waals surface area contributed by atoms with Crippen molar-refractivity contribution in [3.63, 3.8) is 0 Å². The van der Waals surface area contributed by atoms with Gasteiger partial charge < -0.3 is 11.1 Å². The highest BCUT2D eigenvalue weighted by atomic mass is 16.1. The summed E-state index contributed by atoms with van der Waals surface area (Å²) in [6.07, 6.45) is 6.52. The molecule has 1 saturated heterocycles. The summed E-state index contributed by atoms with van der Waals surface area (Å²) in [5.74, 6) is 0.825. The van der Waals surface area contributed by atoms with Crippen LogP contribution >= 0.6 is 0 Å². The molecule has 4 aromatic heterocycles. The third kappa shape index (κ3) is 5.08. The van der Waals surface area contributed by atoms with Crippen LogP contribution in [0.5, 0.6) is 0 Å². The first-order valence-corrected chi connectivity index (χ1v) is 13.0. The van der Waals surface area contributed by atoms with E-state index >= 15 is 0 Å². The molecule has 0 bridgehead atoms. The van der Waals surface area contributed by atoms with E-state index in [0.717, 1.165) is 54.9 Å². The Bertz CT molecular complexity index is 1720. The van der Waals surface area contributed by atoms with Crippen molar-refractivity contribution >= 4 is 22.9 Å². The Hall–Kier alpha value is -5.21. The van der Waals surface area contributed by atoms with Crippen molar-refractivity contribution in [1.29, 1.82) is 5.26 Å². The number of rotatable bonds is 6. The third-order valence-electron chi connectivity index (χ3n) is 7.01. The van der Waals surface area contributed by atoms with Crippen LogP contribution in [0.1, 0.15) is 34.7 Å². The molecule has 5 heterocycles. The van der Waals surface area contributed by atoms with Crippen molar-refractivity contribution in [2.75, 3.05) is 18.8 Å². The minimum absolute atomic E-state index is 0.0107. The second-order valence-electron chi connectivity index (χ2n) is 9.62. The van der Waals surface area contributed by atoms with E-state index in [1.165, 1.54) is 17.8 Å². The molecule has 1 aliphatic heterocycles. The van der Waals surface area contributed by atoms with E-state index < -0.39 is 0 Å². The van der Waals surface area contributed by atoms with E-state index in [0.29, 0.717) is 11.6 Å². The average Bonchev–Trinajstić information content (AvgIpc) is 3.38. The van der Waals surface area contributed by atoms with E-state index in [-0.39, 0.29) is 23.5 Å². The number of benzene rings is 1. The molecule has 11 heteroatoms. The summed E-state index contributed by atoms with van der Waals surface area (Å²) in [4.78, 5) is 36.4. The first-order chi connectivity index (χ1) is 19.6. The Morgan fingerprint density at radius 2 is 1.75 bits per heavy atom. The van der Waals surface area contributed by atoms with Gasteiger partial charge in [-0.3, -0.25) is 14.3 Å². The second kappa shape index (κ2) is 10.9. The van der Waals surface area contributed by atoms with Crippen LogP contribution in [0, 0.1) is 11.3 Å². The lowest BCUT2D eigenvalue weighted by atomic mass is 10.0. The van der Waals surface area contributed by atoms with E-state index in [4.69, 9.17) is 16.0 Å². The fourth-order valence-electron chi connectivity index (χ4n) is 4.99. The summed E-state index contributed by atoms with van der Waals surface area (Å²) in [5, 5.41) is 12.0. The number of nitrogens with zero attached hydrogens (tertiary/aromatic N) is 8. The number of anilines is 1. The summed E-state index contributed by atoms with van der Waals surface area (Å²) in [5.41, 5.74) is 10.8. The number of amides is 1. The number of nitrogen functional groups attached to an aromatic ring is 1. The molecule has 5 aromatic rings. The van der Waals surface area contributed by atoms with Crippen molar-refractivity contribution in [2.45, 2.75) is 25.4 Å². The van der Waals surface area contributed by atoms with Crippen molar-refractivity contribution in [3.8, 4) is 23.1 Å². The topological polar surface area (TPSA) is 152 Å². The van der Waals surface area contributed by atoms with Gasteiger partial charge in [0, 0.05) is 50.0 Å². The van der Waals surface area contributed by atoms with Crippen LogP contribution < -0.4 is 11.1 Å². The molecule has 1 fully saturated rings. The zero-order chi connectivity index (χ0) is 27.5. The Morgan fingerprint density at radius 1 is 0.975 bits per heavy atom. The average molecular weight is 531 g/mol. The van der Waals surface area contributed by atoms with Crippen LogP contribution in [-0.2, 0) is 6.54 Å². The van der Waals surface area contributed by atoms with Crippen LogP contribution in [0.25, 0.3) is 28.2 Å². The van der Waals surface area contributed by atoms with Gasteiger partial charge in [0.15, 0.2) is 11.5 Å². The van der Waals surface area contributed by atoms with Gasteiger partial charge in [0.05, 0.1) is 5.56 Å². The van der Waals surface area contributed by atoms with E-state index in [1.54, 1.807) is 12.4 Å². The summed E-state index contributed by atoms with van der Waals surface area (Å²) < 4.78 is 2.01. The minimum Gasteiger partial charge on any atom is -0.383 e. The lowest BCUT2D eigenvalue weighted by Crippen LogP contribution is -2.44. The fourth-order valence-corrected chi connectivity index (χ4v) is 4.99. The predicted octanol–water partition coefficient (Wildman–Crippen LogP) is 3.12. The molecular formula is C29H26N10O. The van der Waals surface area contributed by atoms with Crippen molar-refractivity contribution in [2.24, 2.45) is 0 Å². The molecule has 0 atom stereocenters. The van der Waals surface area contributed by atoms with Crippen LogP contribution in [0.15, 0.2) is 73.2 Å². The van der Waals surface area contributed by atoms with Gasteiger partial charge in [-0.05, 0) is 60.9 Å². The smallest absolute Gasteiger partial charge is 0.270 e. The number of nitrogens with two attached hydrogens (primary N) is 1. The molecule has 198 valence electrons. The number of fused-ring (bicyclic) bond motifs is 1. The van der Waals surface area contributed by atoms with Gasteiger partial charge in [-0.25, -0.2) is 24.9 Å². The highest BCUT2D eigenvalue weighted by molar-refractivity contribution is 5.92. The largest absolute Gasteiger partial charge is 0.383 e. The molecule has 1 aliphatic rings. The number of imidazole rings is 1. The maximum Gasteiger partial charge on any atom is 0.270 e. The second-order valence-corrected chi connectivity index (χ2v) is 9.62. The standard InChI is InChI=1S/C29H26N10O/c30-17-25-32-14-9-24(36-25)29(40)35-20-10-15-38(16-11-20)18-19-5-7-21(8-6-19)39-27(22-3-1-12-33-26(22)31)37-23-4-2-13-34-28(23)39/h1-9,12-14,20H,10-11,15-16,18H2,(H2,31,33)(H,35,40). The lowest BCUT2D eigenvalue weighted by molar-refractivity contribution is 0.0903. The number of carbonyl (C=O) groups excluding carboxylic acids is 1. The molecule has 0 spiro atoms. The molecule has 0 aliphatic carbocycles. The van der Waals surface area contributed by atoms with E-state index in [9.17, 15) is 4.79 Å². The molecule has 3 N–H and O–H groups in total. The number of piperidine rings is 1. The summed E-state index contributed by atoms with van der Waals surface area (Å²) in [7, 11) is 0. The van der Waals surface area contributed by atoms with Crippen molar-refractivity contribution in [1.82, 2.24) is 39.7 Å². The van der Waals surface area contributed by atoms with Crippen molar-refractivity contribution in [3.05, 3.63) is 90.3 Å². The number of nitriles is 1. The Labute approximate surface area is 230 Å². The molecule has 0 saturated carbocycles. The van der Waals surface area contributed by atoms with Crippen LogP contribution in [-0.4, -0.2) is 59.4 Å². The number of hydrogen-bond acceptors (Lipinski definition) is 9. The molecule has 11 nitrogen and oxygen atoms in total. The molecule has 6 rings (SSSR count). The third-order valence-corrected chi connectivity index (χ3v) is 7.01. The van der Waals surface area contributed by atoms with Gasteiger partial charge in [0.1, 0.15) is 23.1 Å². The first-order valence-electron chi connectivity index (χ1n) is 13.0. The first kappa shape index (κ1) is 25.1. The maximum absolute atomic E-state index is 12.6. The lowest BCUT2D eigenvalue weighted by Gasteiger charge is -2.32. The summed E-state index contributed by atoms with van der Waals surface area (Å²) >= 11 is 0. The van der Waals surface area contributed by atoms with Crippen molar-refractivity contribution < 1.29 is 4.79 Å². The summed E-state index contributed by atoms with van der Waals surface area (Å²) in [6, 6.07) is 19.4. The molecular weight excluding hydrogens is 504 g/mol. The van der Waals surface area contributed by atoms with Crippen LogP contribution in [0.3, 0.4) is 0 Å². The van der Waals surface area contributed by atoms with Gasteiger partial charge in [0.25, 0.3) is 5.91 Å². The van der Waals surface area contributed by atoms with Gasteiger partial charge in [-0.1, -0.05) is 12.1 Å². The molecule has 0 radical (unpaired) electrons. The quantitative estimate of drug-likeness (QED) is 0.337. The highest BCUT2D eigenvalue weighted by Crippen LogP contribution is 2.30. The maximum atomic E-state index is 12.6. The zero-order valence-electron chi connectivity index (χ0n) is 21.6. The molecule has 1 aromatic carbocycles. The van der Waals surface area contributed by atoms with Gasteiger partial charge >= 0.3 is 0 Å². The number of nitrogens with one attached hydrogen (secondary N) is 1. The van der Waals surface area contributed by atoms with E-state index in [2.05, 4.69) is 54.4 Å². The Morgan fingerprint density at radius 3 is 2.52 bits per heavy atom. The van der Waals surface area contributed by atoms with Crippen LogP contribution in [0.2, 0.25) is 0 Å². The molecule has 40 heavy (non-hydrogen) atoms. The predicted molar refractivity (Wildman–Crippen MR) is 149 cm³/mol. The van der Waals surface area contributed by atoms with E-state index in [1.807, 2.05) is 34.9 Å². The number of carbonyl (C=O) groups is 1. The zero-order valence-corrected chi connectivity index (χ0v) is 21.6. The SMILES string of the molecule is N#Cc1nccc(C(=O)NC2CCN(Cc3ccc(-n4c(-c5cccnc5N)nc5cccnc54)cc3)CC2)n1. The fraction of sp³-hybridized carbons (Fsp3) is 0.207. The minimum atomic E-state index is -0.276. The molecule has 0 unspecified atom stereocenters. The Kier molecular flexibility index (Phi) is 6.82. The van der Waals surface area contributed by atoms with Crippen LogP contribution in [0.4, 0.5) is 5.82 Å². The monoisotopic (exact) mass is 530 g/mol. The number of hydrogen-bond donors (Lipinski definition) is 2. The summed E-state index contributed by atoms with van der Waals surface area (Å²) in [6.45, 7) is 2.53. The number of pyridine rings is 2. The Balaban J connectivity index is 1.13. The van der Waals surface area contributed by atoms with Gasteiger partial charge in [-0.2, -0.15) is 5.26 Å². The van der Waals surface area contributed by atoms with Gasteiger partial charge in [-0.15, -0.1) is 0 Å². The van der Waals surface area contributed by atoms with Gasteiger partial charge in [0.2, 0.25) is 5.82 Å². The number of aromatic nitrogens is 6.